The molecule has 2 aromatic carbocycles. The highest BCUT2D eigenvalue weighted by atomic mass is 35.5. The van der Waals surface area contributed by atoms with Gasteiger partial charge in [-0.15, -0.1) is 0 Å². The van der Waals surface area contributed by atoms with Crippen LogP contribution < -0.4 is 19.9 Å². The van der Waals surface area contributed by atoms with Crippen LogP contribution in [-0.2, 0) is 20.2 Å². The van der Waals surface area contributed by atoms with Crippen LogP contribution in [0, 0.1) is 0 Å². The molecule has 0 bridgehead atoms. The van der Waals surface area contributed by atoms with Gasteiger partial charge < -0.3 is 28.6 Å². The summed E-state index contributed by atoms with van der Waals surface area (Å²) in [5.41, 5.74) is 1.74. The van der Waals surface area contributed by atoms with Crippen LogP contribution in [0.1, 0.15) is 44.9 Å². The predicted molar refractivity (Wildman–Crippen MR) is 168 cm³/mol. The topological polar surface area (TPSA) is 102 Å². The number of halogens is 1. The smallest absolute Gasteiger partial charge is 0.408 e. The lowest BCUT2D eigenvalue weighted by Gasteiger charge is -2.44. The minimum atomic E-state index is -0.946. The van der Waals surface area contributed by atoms with E-state index in [4.69, 9.17) is 26.1 Å². The number of benzene rings is 2. The molecule has 2 aromatic heterocycles. The summed E-state index contributed by atoms with van der Waals surface area (Å²) in [6.45, 7) is 7.37. The number of ether oxygens (including phenoxy) is 2. The van der Waals surface area contributed by atoms with Gasteiger partial charge in [0.2, 0.25) is 5.95 Å². The molecule has 3 heterocycles. The molecule has 11 heteroatoms. The number of carboxylic acid groups (broad SMARTS) is 1. The molecule has 228 valence electrons. The molecule has 1 aliphatic rings. The number of anilines is 1. The maximum absolute atomic E-state index is 13.9. The Balaban J connectivity index is 1.57. The first-order valence-electron chi connectivity index (χ1n) is 14.3. The van der Waals surface area contributed by atoms with Crippen molar-refractivity contribution in [3.05, 3.63) is 81.2 Å². The van der Waals surface area contributed by atoms with Gasteiger partial charge in [-0.1, -0.05) is 35.9 Å². The van der Waals surface area contributed by atoms with Gasteiger partial charge >= 0.3 is 6.09 Å². The molecule has 0 radical (unpaired) electrons. The first-order valence-corrected chi connectivity index (χ1v) is 14.7. The molecule has 43 heavy (non-hydrogen) atoms. The molecule has 0 aliphatic carbocycles. The van der Waals surface area contributed by atoms with Gasteiger partial charge in [-0.3, -0.25) is 9.69 Å². The predicted octanol–water partition coefficient (Wildman–Crippen LogP) is 5.77. The van der Waals surface area contributed by atoms with Crippen molar-refractivity contribution in [2.75, 3.05) is 25.1 Å². The second-order valence-corrected chi connectivity index (χ2v) is 12.3. The quantitative estimate of drug-likeness (QED) is 0.271. The van der Waals surface area contributed by atoms with Crippen LogP contribution in [-0.4, -0.2) is 62.0 Å². The normalized spacial score (nSPS) is 15.5. The zero-order chi connectivity index (χ0) is 30.9. The Morgan fingerprint density at radius 1 is 1.14 bits per heavy atom. The van der Waals surface area contributed by atoms with Crippen LogP contribution in [0.15, 0.2) is 59.4 Å². The standard InChI is InChI=1S/C32H38ClN5O5/c1-32(2,3)38(31(40)41)22-11-9-15-36(19-22)30-34-27-16-23(20-43-25-13-8-12-24(17-25)42-5)35(4)29(39)28(27)37(30)18-21-10-6-7-14-26(21)33/h6-8,10,12-14,16-17,22H,9,11,15,18-20H2,1-5H3,(H,40,41)/t22-/m1/s1. The SMILES string of the molecule is COc1cccc(OCc2cc3nc(N4CCC[C@@H](N(C(=O)O)C(C)(C)C)C4)n(Cc4ccccc4Cl)c3c(=O)n2C)c1. The van der Waals surface area contributed by atoms with E-state index in [1.807, 2.05) is 73.9 Å². The lowest BCUT2D eigenvalue weighted by molar-refractivity contribution is 0.0646. The van der Waals surface area contributed by atoms with E-state index in [0.29, 0.717) is 58.8 Å². The fourth-order valence-electron chi connectivity index (χ4n) is 5.84. The number of nitrogens with zero attached hydrogens (tertiary/aromatic N) is 5. The number of methoxy groups -OCH3 is 1. The number of amides is 1. The Kier molecular flexibility index (Phi) is 8.59. The Bertz CT molecular complexity index is 1690. The summed E-state index contributed by atoms with van der Waals surface area (Å²) < 4.78 is 14.8. The van der Waals surface area contributed by atoms with Gasteiger partial charge in [-0.25, -0.2) is 9.78 Å². The lowest BCUT2D eigenvalue weighted by Crippen LogP contribution is -2.57. The number of rotatable bonds is 8. The van der Waals surface area contributed by atoms with Crippen LogP contribution in [0.3, 0.4) is 0 Å². The van der Waals surface area contributed by atoms with Crippen molar-refractivity contribution in [1.82, 2.24) is 19.0 Å². The number of piperidine rings is 1. The highest BCUT2D eigenvalue weighted by Crippen LogP contribution is 2.30. The lowest BCUT2D eigenvalue weighted by atomic mass is 9.98. The number of imidazole rings is 1. The van der Waals surface area contributed by atoms with Crippen molar-refractivity contribution in [1.29, 1.82) is 0 Å². The fourth-order valence-corrected chi connectivity index (χ4v) is 6.04. The number of hydrogen-bond acceptors (Lipinski definition) is 6. The van der Waals surface area contributed by atoms with E-state index >= 15 is 0 Å². The van der Waals surface area contributed by atoms with Crippen molar-refractivity contribution < 1.29 is 19.4 Å². The van der Waals surface area contributed by atoms with E-state index in [9.17, 15) is 14.7 Å². The van der Waals surface area contributed by atoms with Crippen LogP contribution in [0.25, 0.3) is 11.0 Å². The molecular weight excluding hydrogens is 570 g/mol. The maximum Gasteiger partial charge on any atom is 0.408 e. The zero-order valence-electron chi connectivity index (χ0n) is 25.2. The first kappa shape index (κ1) is 30.3. The third kappa shape index (κ3) is 6.29. The first-order chi connectivity index (χ1) is 20.5. The average molecular weight is 608 g/mol. The van der Waals surface area contributed by atoms with Gasteiger partial charge in [0, 0.05) is 36.8 Å². The second-order valence-electron chi connectivity index (χ2n) is 11.9. The summed E-state index contributed by atoms with van der Waals surface area (Å²) in [6.07, 6.45) is 0.592. The van der Waals surface area contributed by atoms with Gasteiger partial charge in [0.25, 0.3) is 5.56 Å². The number of fused-ring (bicyclic) bond motifs is 1. The van der Waals surface area contributed by atoms with Crippen LogP contribution in [0.2, 0.25) is 5.02 Å². The molecule has 4 aromatic rings. The summed E-state index contributed by atoms with van der Waals surface area (Å²) in [6, 6.07) is 16.5. The van der Waals surface area contributed by atoms with E-state index in [1.54, 1.807) is 24.8 Å². The molecule has 0 spiro atoms. The van der Waals surface area contributed by atoms with Gasteiger partial charge in [-0.2, -0.15) is 0 Å². The molecule has 1 saturated heterocycles. The summed E-state index contributed by atoms with van der Waals surface area (Å²) in [4.78, 5) is 34.9. The number of pyridine rings is 1. The second kappa shape index (κ2) is 12.2. The van der Waals surface area contributed by atoms with E-state index in [0.717, 1.165) is 18.4 Å². The van der Waals surface area contributed by atoms with Crippen molar-refractivity contribution in [2.24, 2.45) is 7.05 Å². The zero-order valence-corrected chi connectivity index (χ0v) is 26.0. The van der Waals surface area contributed by atoms with Gasteiger partial charge in [0.1, 0.15) is 23.6 Å². The molecule has 5 rings (SSSR count). The van der Waals surface area contributed by atoms with Gasteiger partial charge in [0.05, 0.1) is 30.9 Å². The minimum absolute atomic E-state index is 0.159. The molecule has 1 atom stereocenters. The highest BCUT2D eigenvalue weighted by molar-refractivity contribution is 6.31. The van der Waals surface area contributed by atoms with Crippen molar-refractivity contribution in [2.45, 2.75) is 58.3 Å². The molecule has 1 amide bonds. The van der Waals surface area contributed by atoms with Crippen molar-refractivity contribution in [3.8, 4) is 11.5 Å². The Labute approximate surface area is 256 Å². The summed E-state index contributed by atoms with van der Waals surface area (Å²) in [5.74, 6) is 1.91. The van der Waals surface area contributed by atoms with Crippen molar-refractivity contribution in [3.63, 3.8) is 0 Å². The van der Waals surface area contributed by atoms with E-state index in [1.165, 1.54) is 4.90 Å². The largest absolute Gasteiger partial charge is 0.497 e. The van der Waals surface area contributed by atoms with E-state index in [-0.39, 0.29) is 18.2 Å². The van der Waals surface area contributed by atoms with Crippen LogP contribution >= 0.6 is 11.6 Å². The van der Waals surface area contributed by atoms with E-state index in [2.05, 4.69) is 4.90 Å². The summed E-state index contributed by atoms with van der Waals surface area (Å²) in [7, 11) is 3.32. The fraction of sp³-hybridized carbons (Fsp3) is 0.406. The average Bonchev–Trinajstić information content (AvgIpc) is 3.32. The molecule has 0 saturated carbocycles. The van der Waals surface area contributed by atoms with E-state index < -0.39 is 11.6 Å². The molecule has 1 fully saturated rings. The monoisotopic (exact) mass is 607 g/mol. The van der Waals surface area contributed by atoms with Gasteiger partial charge in [0.15, 0.2) is 0 Å². The van der Waals surface area contributed by atoms with Crippen LogP contribution in [0.5, 0.6) is 11.5 Å². The molecule has 10 nitrogen and oxygen atoms in total. The number of aromatic nitrogens is 3. The molecular formula is C32H38ClN5O5. The highest BCUT2D eigenvalue weighted by Gasteiger charge is 2.37. The molecule has 0 unspecified atom stereocenters. The maximum atomic E-state index is 13.9. The van der Waals surface area contributed by atoms with Gasteiger partial charge in [-0.05, 0) is 63.4 Å². The number of carbonyl (C=O) groups is 1. The summed E-state index contributed by atoms with van der Waals surface area (Å²) >= 11 is 6.57. The molecule has 1 aliphatic heterocycles. The molecule has 1 N–H and O–H groups in total. The minimum Gasteiger partial charge on any atom is -0.497 e. The Morgan fingerprint density at radius 2 is 1.88 bits per heavy atom. The van der Waals surface area contributed by atoms with Crippen molar-refractivity contribution >= 4 is 34.7 Å². The number of hydrogen-bond donors (Lipinski definition) is 1. The summed E-state index contributed by atoms with van der Waals surface area (Å²) in [5, 5.41) is 10.7. The Hall–Kier alpha value is -4.18. The third-order valence-electron chi connectivity index (χ3n) is 7.90. The van der Waals surface area contributed by atoms with Crippen LogP contribution in [0.4, 0.5) is 10.7 Å². The Morgan fingerprint density at radius 3 is 2.58 bits per heavy atom. The third-order valence-corrected chi connectivity index (χ3v) is 8.27.